The minimum Gasteiger partial charge on any atom is -0.439 e. The molecule has 3 atom stereocenters. The molecule has 17 heavy (non-hydrogen) atoms. The van der Waals surface area contributed by atoms with E-state index in [-0.39, 0.29) is 12.8 Å². The van der Waals surface area contributed by atoms with E-state index in [4.69, 9.17) is 9.47 Å². The van der Waals surface area contributed by atoms with Gasteiger partial charge in [-0.1, -0.05) is 20.8 Å². The van der Waals surface area contributed by atoms with Gasteiger partial charge in [0, 0.05) is 6.92 Å². The van der Waals surface area contributed by atoms with Crippen molar-refractivity contribution >= 4 is 5.97 Å². The number of carbonyl (C=O) groups is 1. The zero-order valence-corrected chi connectivity index (χ0v) is 11.4. The van der Waals surface area contributed by atoms with Gasteiger partial charge >= 0.3 is 5.97 Å². The predicted octanol–water partition coefficient (Wildman–Crippen LogP) is 2.99. The quantitative estimate of drug-likeness (QED) is 0.430. The van der Waals surface area contributed by atoms with Crippen LogP contribution < -0.4 is 0 Å². The minimum absolute atomic E-state index is 0.104. The summed E-state index contributed by atoms with van der Waals surface area (Å²) in [4.78, 5) is 10.6. The van der Waals surface area contributed by atoms with Gasteiger partial charge in [-0.05, 0) is 41.9 Å². The van der Waals surface area contributed by atoms with Gasteiger partial charge in [0.15, 0.2) is 6.79 Å². The Morgan fingerprint density at radius 3 is 2.53 bits per heavy atom. The summed E-state index contributed by atoms with van der Waals surface area (Å²) < 4.78 is 10.3. The number of ether oxygens (including phenoxy) is 2. The number of esters is 1. The SMILES string of the molecule is CC(=O)OCOCC1CC2CCC1(C)C2(C)C. The standard InChI is InChI=1S/C14H24O3/c1-10(15)17-9-16-8-12-7-11-5-6-14(12,4)13(11,2)3/h11-12H,5-9H2,1-4H3. The average Bonchev–Trinajstić information content (AvgIpc) is 2.56. The Balaban J connectivity index is 1.86. The fourth-order valence-electron chi connectivity index (χ4n) is 3.94. The molecule has 3 heteroatoms. The second-order valence-corrected chi connectivity index (χ2v) is 6.43. The van der Waals surface area contributed by atoms with Crippen LogP contribution in [0, 0.1) is 22.7 Å². The molecule has 3 unspecified atom stereocenters. The predicted molar refractivity (Wildman–Crippen MR) is 65.3 cm³/mol. The van der Waals surface area contributed by atoms with E-state index in [0.29, 0.717) is 16.7 Å². The second kappa shape index (κ2) is 4.27. The summed E-state index contributed by atoms with van der Waals surface area (Å²) in [6, 6.07) is 0. The molecule has 0 radical (unpaired) electrons. The monoisotopic (exact) mass is 240 g/mol. The molecular weight excluding hydrogens is 216 g/mol. The van der Waals surface area contributed by atoms with Crippen LogP contribution in [0.25, 0.3) is 0 Å². The topological polar surface area (TPSA) is 35.5 Å². The first-order valence-electron chi connectivity index (χ1n) is 6.59. The zero-order chi connectivity index (χ0) is 12.7. The lowest BCUT2D eigenvalue weighted by Gasteiger charge is -2.39. The van der Waals surface area contributed by atoms with E-state index < -0.39 is 0 Å². The normalized spacial score (nSPS) is 38.4. The number of hydrogen-bond donors (Lipinski definition) is 0. The van der Waals surface area contributed by atoms with Gasteiger partial charge < -0.3 is 9.47 Å². The molecule has 0 amide bonds. The van der Waals surface area contributed by atoms with Gasteiger partial charge in [0.2, 0.25) is 0 Å². The number of rotatable bonds is 4. The van der Waals surface area contributed by atoms with Gasteiger partial charge in [-0.2, -0.15) is 0 Å². The molecular formula is C14H24O3. The lowest BCUT2D eigenvalue weighted by molar-refractivity contribution is -0.155. The molecule has 98 valence electrons. The molecule has 0 aromatic rings. The Morgan fingerprint density at radius 1 is 1.35 bits per heavy atom. The maximum Gasteiger partial charge on any atom is 0.304 e. The zero-order valence-electron chi connectivity index (χ0n) is 11.4. The molecule has 0 spiro atoms. The van der Waals surface area contributed by atoms with Crippen molar-refractivity contribution in [3.05, 3.63) is 0 Å². The lowest BCUT2D eigenvalue weighted by atomic mass is 9.67. The fraction of sp³-hybridized carbons (Fsp3) is 0.929. The Hall–Kier alpha value is -0.570. The van der Waals surface area contributed by atoms with Crippen molar-refractivity contribution in [2.24, 2.45) is 22.7 Å². The van der Waals surface area contributed by atoms with Crippen molar-refractivity contribution in [2.75, 3.05) is 13.4 Å². The van der Waals surface area contributed by atoms with E-state index >= 15 is 0 Å². The number of fused-ring (bicyclic) bond motifs is 2. The maximum atomic E-state index is 10.6. The Bertz CT molecular complexity index is 311. The summed E-state index contributed by atoms with van der Waals surface area (Å²) in [5, 5.41) is 0. The van der Waals surface area contributed by atoms with Crippen LogP contribution >= 0.6 is 0 Å². The summed E-state index contributed by atoms with van der Waals surface area (Å²) in [6.45, 7) is 9.44. The summed E-state index contributed by atoms with van der Waals surface area (Å²) in [5.74, 6) is 1.19. The van der Waals surface area contributed by atoms with Crippen molar-refractivity contribution in [3.8, 4) is 0 Å². The summed E-state index contributed by atoms with van der Waals surface area (Å²) in [6.07, 6.45) is 3.94. The first-order chi connectivity index (χ1) is 7.88. The average molecular weight is 240 g/mol. The first kappa shape index (κ1) is 12.9. The lowest BCUT2D eigenvalue weighted by Crippen LogP contribution is -2.34. The highest BCUT2D eigenvalue weighted by Crippen LogP contribution is 2.68. The van der Waals surface area contributed by atoms with E-state index in [1.165, 1.54) is 26.2 Å². The Kier molecular flexibility index (Phi) is 3.23. The summed E-state index contributed by atoms with van der Waals surface area (Å²) >= 11 is 0. The molecule has 0 aliphatic heterocycles. The van der Waals surface area contributed by atoms with Gasteiger partial charge in [0.1, 0.15) is 0 Å². The molecule has 0 aromatic carbocycles. The number of carbonyl (C=O) groups excluding carboxylic acids is 1. The molecule has 0 saturated heterocycles. The van der Waals surface area contributed by atoms with Crippen molar-refractivity contribution < 1.29 is 14.3 Å². The van der Waals surface area contributed by atoms with Crippen molar-refractivity contribution in [1.29, 1.82) is 0 Å². The van der Waals surface area contributed by atoms with Gasteiger partial charge in [0.05, 0.1) is 6.61 Å². The first-order valence-corrected chi connectivity index (χ1v) is 6.59. The van der Waals surface area contributed by atoms with Crippen LogP contribution in [0.4, 0.5) is 0 Å². The highest BCUT2D eigenvalue weighted by Gasteiger charge is 2.60. The van der Waals surface area contributed by atoms with E-state index in [0.717, 1.165) is 12.5 Å². The maximum absolute atomic E-state index is 10.6. The van der Waals surface area contributed by atoms with Crippen LogP contribution in [0.3, 0.4) is 0 Å². The molecule has 0 N–H and O–H groups in total. The molecule has 2 bridgehead atoms. The molecule has 2 saturated carbocycles. The van der Waals surface area contributed by atoms with E-state index in [1.807, 2.05) is 0 Å². The van der Waals surface area contributed by atoms with Crippen LogP contribution in [-0.2, 0) is 14.3 Å². The molecule has 3 nitrogen and oxygen atoms in total. The highest BCUT2D eigenvalue weighted by atomic mass is 16.7. The third-order valence-corrected chi connectivity index (χ3v) is 5.64. The van der Waals surface area contributed by atoms with Crippen LogP contribution in [-0.4, -0.2) is 19.4 Å². The molecule has 2 aliphatic rings. The summed E-state index contributed by atoms with van der Waals surface area (Å²) in [5.41, 5.74) is 0.830. The molecule has 0 heterocycles. The van der Waals surface area contributed by atoms with E-state index in [2.05, 4.69) is 20.8 Å². The second-order valence-electron chi connectivity index (χ2n) is 6.43. The van der Waals surface area contributed by atoms with Crippen LogP contribution in [0.2, 0.25) is 0 Å². The molecule has 2 fully saturated rings. The van der Waals surface area contributed by atoms with Crippen LogP contribution in [0.1, 0.15) is 47.0 Å². The smallest absolute Gasteiger partial charge is 0.304 e. The third-order valence-electron chi connectivity index (χ3n) is 5.64. The fourth-order valence-corrected chi connectivity index (χ4v) is 3.94. The largest absolute Gasteiger partial charge is 0.439 e. The van der Waals surface area contributed by atoms with Gasteiger partial charge in [-0.15, -0.1) is 0 Å². The third kappa shape index (κ3) is 1.99. The minimum atomic E-state index is -0.274. The van der Waals surface area contributed by atoms with E-state index in [1.54, 1.807) is 0 Å². The van der Waals surface area contributed by atoms with Crippen LogP contribution in [0.5, 0.6) is 0 Å². The van der Waals surface area contributed by atoms with Crippen molar-refractivity contribution in [1.82, 2.24) is 0 Å². The Morgan fingerprint density at radius 2 is 2.06 bits per heavy atom. The highest BCUT2D eigenvalue weighted by molar-refractivity contribution is 5.65. The Labute approximate surface area is 104 Å². The van der Waals surface area contributed by atoms with Crippen LogP contribution in [0.15, 0.2) is 0 Å². The van der Waals surface area contributed by atoms with Crippen molar-refractivity contribution in [3.63, 3.8) is 0 Å². The van der Waals surface area contributed by atoms with Gasteiger partial charge in [-0.3, -0.25) is 4.79 Å². The van der Waals surface area contributed by atoms with Gasteiger partial charge in [-0.25, -0.2) is 0 Å². The van der Waals surface area contributed by atoms with E-state index in [9.17, 15) is 4.79 Å². The summed E-state index contributed by atoms with van der Waals surface area (Å²) in [7, 11) is 0. The molecule has 2 aliphatic carbocycles. The molecule has 0 aromatic heterocycles. The number of hydrogen-bond acceptors (Lipinski definition) is 3. The molecule has 2 rings (SSSR count). The van der Waals surface area contributed by atoms with Crippen molar-refractivity contribution in [2.45, 2.75) is 47.0 Å². The van der Waals surface area contributed by atoms with Gasteiger partial charge in [0.25, 0.3) is 0 Å².